The van der Waals surface area contributed by atoms with E-state index >= 15 is 0 Å². The summed E-state index contributed by atoms with van der Waals surface area (Å²) in [4.78, 5) is 12.1. The van der Waals surface area contributed by atoms with Crippen LogP contribution < -0.4 is 15.8 Å². The van der Waals surface area contributed by atoms with Crippen molar-refractivity contribution in [1.29, 1.82) is 0 Å². The average Bonchev–Trinajstić information content (AvgIpc) is 2.79. The van der Waals surface area contributed by atoms with Crippen molar-refractivity contribution in [3.8, 4) is 0 Å². The van der Waals surface area contributed by atoms with E-state index in [9.17, 15) is 4.79 Å². The van der Waals surface area contributed by atoms with Gasteiger partial charge in [-0.2, -0.15) is 5.43 Å². The number of esters is 1. The number of hydrogen-bond acceptors (Lipinski definition) is 4. The largest absolute Gasteiger partial charge is 0.463 e. The summed E-state index contributed by atoms with van der Waals surface area (Å²) in [5, 5.41) is 5.17. The fraction of sp³-hybridized carbons (Fsp3) is 0.385. The van der Waals surface area contributed by atoms with Gasteiger partial charge < -0.3 is 10.1 Å². The highest BCUT2D eigenvalue weighted by molar-refractivity contribution is 7.80. The number of nitrogens with zero attached hydrogens (tertiary/aromatic N) is 1. The summed E-state index contributed by atoms with van der Waals surface area (Å²) in [6.07, 6.45) is 0.523. The van der Waals surface area contributed by atoms with E-state index in [0.717, 1.165) is 5.69 Å². The first kappa shape index (κ1) is 13.8. The fourth-order valence-corrected chi connectivity index (χ4v) is 2.25. The highest BCUT2D eigenvalue weighted by atomic mass is 32.1. The number of carbonyl (C=O) groups is 1. The Morgan fingerprint density at radius 1 is 1.37 bits per heavy atom. The number of hydrogen-bond donors (Lipinski definition) is 2. The third-order valence-corrected chi connectivity index (χ3v) is 3.28. The van der Waals surface area contributed by atoms with Gasteiger partial charge in [0, 0.05) is 0 Å². The molecular formula is C13H17N3O2S. The van der Waals surface area contributed by atoms with E-state index in [0.29, 0.717) is 18.1 Å². The molecule has 0 saturated carbocycles. The quantitative estimate of drug-likeness (QED) is 0.644. The van der Waals surface area contributed by atoms with Crippen molar-refractivity contribution in [2.24, 2.45) is 0 Å². The Kier molecular flexibility index (Phi) is 4.01. The standard InChI is InChI=1S/C13H17N3O2S/c1-3-13(11(17)18-4-2)14-12(19)16(15-13)10-8-6-5-7-9-10/h5-9,15H,3-4H2,1-2H3,(H,14,19). The van der Waals surface area contributed by atoms with E-state index in [1.165, 1.54) is 0 Å². The molecule has 1 fully saturated rings. The molecule has 1 aromatic rings. The predicted octanol–water partition coefficient (Wildman–Crippen LogP) is 1.56. The van der Waals surface area contributed by atoms with Gasteiger partial charge in [0.15, 0.2) is 5.11 Å². The van der Waals surface area contributed by atoms with Crippen LogP contribution in [0.3, 0.4) is 0 Å². The van der Waals surface area contributed by atoms with Crippen LogP contribution in [-0.2, 0) is 9.53 Å². The Morgan fingerprint density at radius 3 is 2.63 bits per heavy atom. The number of carbonyl (C=O) groups excluding carboxylic acids is 1. The van der Waals surface area contributed by atoms with E-state index in [4.69, 9.17) is 17.0 Å². The molecule has 6 heteroatoms. The molecule has 0 aliphatic carbocycles. The molecule has 2 rings (SSSR count). The van der Waals surface area contributed by atoms with Crippen molar-refractivity contribution < 1.29 is 9.53 Å². The summed E-state index contributed by atoms with van der Waals surface area (Å²) in [5.74, 6) is -0.349. The third-order valence-electron chi connectivity index (χ3n) is 2.99. The number of ether oxygens (including phenoxy) is 1. The molecule has 0 spiro atoms. The molecule has 102 valence electrons. The highest BCUT2D eigenvalue weighted by Gasteiger charge is 2.46. The minimum Gasteiger partial charge on any atom is -0.463 e. The maximum Gasteiger partial charge on any atom is 0.348 e. The second-order valence-corrected chi connectivity index (χ2v) is 4.58. The van der Waals surface area contributed by atoms with Crippen LogP contribution in [0, 0.1) is 0 Å². The molecule has 0 bridgehead atoms. The highest BCUT2D eigenvalue weighted by Crippen LogP contribution is 2.22. The Labute approximate surface area is 117 Å². The first-order valence-corrected chi connectivity index (χ1v) is 6.66. The van der Waals surface area contributed by atoms with Crippen molar-refractivity contribution >= 4 is 29.0 Å². The van der Waals surface area contributed by atoms with Crippen molar-refractivity contribution in [2.75, 3.05) is 11.6 Å². The fourth-order valence-electron chi connectivity index (χ4n) is 1.93. The van der Waals surface area contributed by atoms with Gasteiger partial charge in [0.1, 0.15) is 0 Å². The molecule has 0 aromatic heterocycles. The Bertz CT molecular complexity index is 480. The summed E-state index contributed by atoms with van der Waals surface area (Å²) >= 11 is 5.29. The van der Waals surface area contributed by atoms with Crippen LogP contribution in [-0.4, -0.2) is 23.4 Å². The number of hydrazine groups is 1. The molecule has 1 saturated heterocycles. The SMILES string of the molecule is CCOC(=O)C1(CC)NC(=S)N(c2ccccc2)N1. The van der Waals surface area contributed by atoms with Crippen LogP contribution in [0.25, 0.3) is 0 Å². The molecule has 1 unspecified atom stereocenters. The molecule has 0 amide bonds. The van der Waals surface area contributed by atoms with Gasteiger partial charge in [-0.1, -0.05) is 25.1 Å². The van der Waals surface area contributed by atoms with Crippen LogP contribution in [0.1, 0.15) is 20.3 Å². The van der Waals surface area contributed by atoms with Crippen LogP contribution >= 0.6 is 12.2 Å². The van der Waals surface area contributed by atoms with Crippen LogP contribution in [0.5, 0.6) is 0 Å². The van der Waals surface area contributed by atoms with Gasteiger partial charge in [0.25, 0.3) is 0 Å². The molecule has 1 aliphatic rings. The zero-order valence-corrected chi connectivity index (χ0v) is 11.8. The Morgan fingerprint density at radius 2 is 2.05 bits per heavy atom. The number of nitrogens with one attached hydrogen (secondary N) is 2. The molecule has 1 aromatic carbocycles. The van der Waals surface area contributed by atoms with Gasteiger partial charge in [-0.05, 0) is 37.7 Å². The Balaban J connectivity index is 2.24. The number of thiocarbonyl (C=S) groups is 1. The number of para-hydroxylation sites is 1. The van der Waals surface area contributed by atoms with Gasteiger partial charge >= 0.3 is 5.97 Å². The molecule has 1 atom stereocenters. The maximum atomic E-state index is 12.1. The molecule has 1 aliphatic heterocycles. The van der Waals surface area contributed by atoms with E-state index in [1.807, 2.05) is 37.3 Å². The predicted molar refractivity (Wildman–Crippen MR) is 77.4 cm³/mol. The minimum absolute atomic E-state index is 0.335. The zero-order valence-electron chi connectivity index (χ0n) is 11.0. The minimum atomic E-state index is -0.983. The monoisotopic (exact) mass is 279 g/mol. The summed E-state index contributed by atoms with van der Waals surface area (Å²) in [6.45, 7) is 4.01. The van der Waals surface area contributed by atoms with Gasteiger partial charge in [0.05, 0.1) is 12.3 Å². The van der Waals surface area contributed by atoms with E-state index in [-0.39, 0.29) is 5.97 Å². The molecule has 0 radical (unpaired) electrons. The van der Waals surface area contributed by atoms with Crippen molar-refractivity contribution in [2.45, 2.75) is 25.9 Å². The molecule has 5 nitrogen and oxygen atoms in total. The van der Waals surface area contributed by atoms with Gasteiger partial charge in [0.2, 0.25) is 5.66 Å². The summed E-state index contributed by atoms with van der Waals surface area (Å²) in [6, 6.07) is 9.58. The topological polar surface area (TPSA) is 53.6 Å². The first-order chi connectivity index (χ1) is 9.13. The van der Waals surface area contributed by atoms with E-state index < -0.39 is 5.66 Å². The van der Waals surface area contributed by atoms with Crippen molar-refractivity contribution in [3.63, 3.8) is 0 Å². The third kappa shape index (κ3) is 2.54. The van der Waals surface area contributed by atoms with E-state index in [2.05, 4.69) is 10.7 Å². The normalized spacial score (nSPS) is 22.2. The average molecular weight is 279 g/mol. The molecule has 2 N–H and O–H groups in total. The number of anilines is 1. The lowest BCUT2D eigenvalue weighted by molar-refractivity contribution is -0.151. The number of benzene rings is 1. The van der Waals surface area contributed by atoms with Crippen LogP contribution in [0.4, 0.5) is 5.69 Å². The zero-order chi connectivity index (χ0) is 13.9. The summed E-state index contributed by atoms with van der Waals surface area (Å²) < 4.78 is 5.10. The second-order valence-electron chi connectivity index (χ2n) is 4.19. The lowest BCUT2D eigenvalue weighted by atomic mass is 10.1. The summed E-state index contributed by atoms with van der Waals surface area (Å²) in [5.41, 5.74) is 3.00. The van der Waals surface area contributed by atoms with Gasteiger partial charge in [-0.15, -0.1) is 0 Å². The second kappa shape index (κ2) is 5.54. The number of rotatable bonds is 4. The molecular weight excluding hydrogens is 262 g/mol. The lowest BCUT2D eigenvalue weighted by Gasteiger charge is -2.26. The smallest absolute Gasteiger partial charge is 0.348 e. The lowest BCUT2D eigenvalue weighted by Crippen LogP contribution is -2.58. The first-order valence-electron chi connectivity index (χ1n) is 6.25. The van der Waals surface area contributed by atoms with Gasteiger partial charge in [-0.25, -0.2) is 9.80 Å². The van der Waals surface area contributed by atoms with Crippen molar-refractivity contribution in [3.05, 3.63) is 30.3 Å². The van der Waals surface area contributed by atoms with Gasteiger partial charge in [-0.3, -0.25) is 0 Å². The van der Waals surface area contributed by atoms with E-state index in [1.54, 1.807) is 11.9 Å². The Hall–Kier alpha value is -1.66. The molecule has 1 heterocycles. The summed E-state index contributed by atoms with van der Waals surface area (Å²) in [7, 11) is 0. The van der Waals surface area contributed by atoms with Crippen LogP contribution in [0.15, 0.2) is 30.3 Å². The molecule has 19 heavy (non-hydrogen) atoms. The van der Waals surface area contributed by atoms with Crippen LogP contribution in [0.2, 0.25) is 0 Å². The van der Waals surface area contributed by atoms with Crippen molar-refractivity contribution in [1.82, 2.24) is 10.7 Å². The maximum absolute atomic E-state index is 12.1.